The Balaban J connectivity index is 1.56. The van der Waals surface area contributed by atoms with E-state index in [1.807, 2.05) is 0 Å². The summed E-state index contributed by atoms with van der Waals surface area (Å²) in [4.78, 5) is 24.8. The maximum absolute atomic E-state index is 13.5. The zero-order valence-corrected chi connectivity index (χ0v) is 17.5. The van der Waals surface area contributed by atoms with Crippen molar-refractivity contribution >= 4 is 5.78 Å². The normalized spacial score (nSPS) is 51.7. The third kappa shape index (κ3) is 2.72. The summed E-state index contributed by atoms with van der Waals surface area (Å²) in [6.45, 7) is 1.76. The highest BCUT2D eigenvalue weighted by atomic mass is 16.4. The first-order valence-corrected chi connectivity index (χ1v) is 11.1. The molecule has 4 saturated carbocycles. The minimum absolute atomic E-state index is 0.0255. The van der Waals surface area contributed by atoms with Gasteiger partial charge in [-0.2, -0.15) is 0 Å². The molecule has 31 heavy (non-hydrogen) atoms. The van der Waals surface area contributed by atoms with Crippen LogP contribution in [0, 0.1) is 23.2 Å². The number of carbonyl (C=O) groups is 1. The van der Waals surface area contributed by atoms with Crippen molar-refractivity contribution in [2.75, 3.05) is 0 Å². The van der Waals surface area contributed by atoms with Gasteiger partial charge in [-0.3, -0.25) is 4.79 Å². The average molecular weight is 434 g/mol. The minimum atomic E-state index is -1.40. The molecule has 1 aromatic heterocycles. The van der Waals surface area contributed by atoms with E-state index in [0.29, 0.717) is 31.2 Å². The summed E-state index contributed by atoms with van der Waals surface area (Å²) in [5.41, 5.74) is -3.56. The molecule has 1 aromatic rings. The van der Waals surface area contributed by atoms with Crippen molar-refractivity contribution in [2.24, 2.45) is 23.2 Å². The van der Waals surface area contributed by atoms with E-state index >= 15 is 0 Å². The van der Waals surface area contributed by atoms with Gasteiger partial charge in [-0.05, 0) is 55.6 Å². The number of carbonyl (C=O) groups excluding carboxylic acids is 1. The predicted molar refractivity (Wildman–Crippen MR) is 107 cm³/mol. The van der Waals surface area contributed by atoms with E-state index in [1.165, 1.54) is 12.3 Å². The van der Waals surface area contributed by atoms with Crippen LogP contribution < -0.4 is 5.63 Å². The first-order chi connectivity index (χ1) is 14.5. The molecule has 5 rings (SSSR count). The van der Waals surface area contributed by atoms with Gasteiger partial charge < -0.3 is 29.9 Å². The molecule has 0 amide bonds. The molecule has 4 fully saturated rings. The Morgan fingerprint density at radius 2 is 1.71 bits per heavy atom. The smallest absolute Gasteiger partial charge is 0.335 e. The van der Waals surface area contributed by atoms with Gasteiger partial charge in [0, 0.05) is 23.8 Å². The first kappa shape index (κ1) is 21.3. The topological polar surface area (TPSA) is 148 Å². The summed E-state index contributed by atoms with van der Waals surface area (Å²) in [5, 5.41) is 55.1. The molecule has 0 aromatic carbocycles. The molecule has 8 nitrogen and oxygen atoms in total. The van der Waals surface area contributed by atoms with Crippen LogP contribution in [0.5, 0.6) is 0 Å². The van der Waals surface area contributed by atoms with Crippen LogP contribution in [0.25, 0.3) is 0 Å². The van der Waals surface area contributed by atoms with Gasteiger partial charge in [0.2, 0.25) is 0 Å². The molecular formula is C23H30O8. The van der Waals surface area contributed by atoms with Gasteiger partial charge in [0.1, 0.15) is 6.10 Å². The quantitative estimate of drug-likeness (QED) is 0.418. The van der Waals surface area contributed by atoms with Crippen LogP contribution in [0.1, 0.15) is 56.9 Å². The van der Waals surface area contributed by atoms with Crippen molar-refractivity contribution in [2.45, 2.75) is 80.9 Å². The largest absolute Gasteiger partial charge is 0.431 e. The fourth-order valence-electron chi connectivity index (χ4n) is 7.67. The number of ketones is 1. The molecule has 170 valence electrons. The molecule has 10 atom stereocenters. The summed E-state index contributed by atoms with van der Waals surface area (Å²) in [7, 11) is 0. The number of Topliss-reactive ketones (excluding diaryl/α,β-unsaturated/α-hetero) is 1. The van der Waals surface area contributed by atoms with E-state index < -0.39 is 64.1 Å². The lowest BCUT2D eigenvalue weighted by Gasteiger charge is -2.65. The highest BCUT2D eigenvalue weighted by Gasteiger charge is 2.71. The Kier molecular flexibility index (Phi) is 4.61. The van der Waals surface area contributed by atoms with Gasteiger partial charge in [0.15, 0.2) is 5.78 Å². The predicted octanol–water partition coefficient (Wildman–Crippen LogP) is 0.0873. The molecule has 5 N–H and O–H groups in total. The number of fused-ring (bicyclic) bond motifs is 5. The monoisotopic (exact) mass is 434 g/mol. The lowest BCUT2D eigenvalue weighted by molar-refractivity contribution is -0.268. The standard InChI is InChI=1S/C23H30O8/c1-21-8-14(24)15(25)9-22(21,29)6-5-13-18(21)20(28)19(27)17-12(4-7-23(13,17)30)11-2-3-16(26)31-10-11/h2-3,10,12-15,17-18,20,24-25,28-30H,4-9H2,1H3/t12-,13?,14+,15-,17?,18?,20+,21-,22+,23+/m1/s1. The van der Waals surface area contributed by atoms with E-state index in [4.69, 9.17) is 4.42 Å². The van der Waals surface area contributed by atoms with E-state index in [2.05, 4.69) is 0 Å². The molecule has 0 saturated heterocycles. The van der Waals surface area contributed by atoms with Crippen LogP contribution in [0.15, 0.2) is 27.6 Å². The maximum atomic E-state index is 13.5. The van der Waals surface area contributed by atoms with Crippen LogP contribution in [0.3, 0.4) is 0 Å². The van der Waals surface area contributed by atoms with Gasteiger partial charge in [0.05, 0.1) is 35.6 Å². The minimum Gasteiger partial charge on any atom is -0.431 e. The second-order valence-corrected chi connectivity index (χ2v) is 10.5. The molecule has 0 spiro atoms. The summed E-state index contributed by atoms with van der Waals surface area (Å²) >= 11 is 0. The van der Waals surface area contributed by atoms with Crippen LogP contribution in [-0.2, 0) is 4.79 Å². The Hall–Kier alpha value is -1.58. The van der Waals surface area contributed by atoms with Gasteiger partial charge in [-0.25, -0.2) is 4.79 Å². The van der Waals surface area contributed by atoms with E-state index in [-0.39, 0.29) is 18.8 Å². The average Bonchev–Trinajstić information content (AvgIpc) is 3.07. The van der Waals surface area contributed by atoms with Crippen molar-refractivity contribution in [3.05, 3.63) is 34.4 Å². The third-order valence-electron chi connectivity index (χ3n) is 9.25. The zero-order valence-electron chi connectivity index (χ0n) is 17.5. The van der Waals surface area contributed by atoms with Gasteiger partial charge in [0.25, 0.3) is 0 Å². The van der Waals surface area contributed by atoms with Crippen molar-refractivity contribution in [1.29, 1.82) is 0 Å². The van der Waals surface area contributed by atoms with E-state index in [0.717, 1.165) is 0 Å². The number of aliphatic hydroxyl groups excluding tert-OH is 3. The highest BCUT2D eigenvalue weighted by molar-refractivity contribution is 5.89. The lowest BCUT2D eigenvalue weighted by atomic mass is 9.43. The molecule has 0 bridgehead atoms. The van der Waals surface area contributed by atoms with Crippen molar-refractivity contribution in [3.63, 3.8) is 0 Å². The van der Waals surface area contributed by atoms with Crippen LogP contribution >= 0.6 is 0 Å². The molecule has 0 radical (unpaired) electrons. The number of aliphatic hydroxyl groups is 5. The molecule has 3 unspecified atom stereocenters. The lowest BCUT2D eigenvalue weighted by Crippen LogP contribution is -2.72. The Bertz CT molecular complexity index is 939. The Morgan fingerprint density at radius 1 is 1.00 bits per heavy atom. The maximum Gasteiger partial charge on any atom is 0.335 e. The molecule has 0 aliphatic heterocycles. The van der Waals surface area contributed by atoms with Crippen LogP contribution in [-0.4, -0.2) is 60.8 Å². The summed E-state index contributed by atoms with van der Waals surface area (Å²) < 4.78 is 4.98. The third-order valence-corrected chi connectivity index (χ3v) is 9.25. The van der Waals surface area contributed by atoms with Gasteiger partial charge in [-0.1, -0.05) is 6.92 Å². The molecule has 8 heteroatoms. The van der Waals surface area contributed by atoms with E-state index in [9.17, 15) is 35.1 Å². The first-order valence-electron chi connectivity index (χ1n) is 11.1. The van der Waals surface area contributed by atoms with Crippen molar-refractivity contribution < 1.29 is 34.7 Å². The zero-order chi connectivity index (χ0) is 22.3. The second kappa shape index (κ2) is 6.71. The highest BCUT2D eigenvalue weighted by Crippen LogP contribution is 2.66. The van der Waals surface area contributed by atoms with Gasteiger partial charge >= 0.3 is 5.63 Å². The number of hydrogen-bond donors (Lipinski definition) is 5. The fourth-order valence-corrected chi connectivity index (χ4v) is 7.67. The van der Waals surface area contributed by atoms with Gasteiger partial charge in [-0.15, -0.1) is 0 Å². The van der Waals surface area contributed by atoms with E-state index in [1.54, 1.807) is 13.0 Å². The summed E-state index contributed by atoms with van der Waals surface area (Å²) in [6.07, 6.45) is -0.585. The van der Waals surface area contributed by atoms with Crippen molar-refractivity contribution in [1.82, 2.24) is 0 Å². The molecule has 1 heterocycles. The Labute approximate surface area is 179 Å². The summed E-state index contributed by atoms with van der Waals surface area (Å²) in [6, 6.07) is 2.89. The van der Waals surface area contributed by atoms with Crippen LogP contribution in [0.2, 0.25) is 0 Å². The molecular weight excluding hydrogens is 404 g/mol. The van der Waals surface area contributed by atoms with Crippen LogP contribution in [0.4, 0.5) is 0 Å². The molecule has 4 aliphatic carbocycles. The Morgan fingerprint density at radius 3 is 2.39 bits per heavy atom. The van der Waals surface area contributed by atoms with Crippen molar-refractivity contribution in [3.8, 4) is 0 Å². The second-order valence-electron chi connectivity index (χ2n) is 10.5. The fraction of sp³-hybridized carbons (Fsp3) is 0.739. The SMILES string of the molecule is C[C@]12C[C@H](O)[C@H](O)C[C@@]1(O)CCC1C2[C@H](O)C(=O)C2[C@@H](c3ccc(=O)oc3)CC[C@]12O. The molecule has 4 aliphatic rings. The summed E-state index contributed by atoms with van der Waals surface area (Å²) in [5.74, 6) is -2.83. The number of hydrogen-bond acceptors (Lipinski definition) is 8. The number of rotatable bonds is 1.